The number of unbranched alkanes of at least 4 members (excludes halogenated alkanes) is 1. The molecule has 0 aliphatic heterocycles. The Morgan fingerprint density at radius 1 is 1.17 bits per heavy atom. The zero-order valence-electron chi connectivity index (χ0n) is 15.6. The predicted octanol–water partition coefficient (Wildman–Crippen LogP) is 2.05. The highest BCUT2D eigenvalue weighted by Crippen LogP contribution is 2.13. The van der Waals surface area contributed by atoms with E-state index in [1.165, 1.54) is 6.42 Å². The molecule has 0 saturated carbocycles. The van der Waals surface area contributed by atoms with Crippen LogP contribution in [-0.4, -0.2) is 62.3 Å². The minimum Gasteiger partial charge on any atom is -0.396 e. The fourth-order valence-corrected chi connectivity index (χ4v) is 2.40. The Bertz CT molecular complexity index is 462. The van der Waals surface area contributed by atoms with Crippen LogP contribution in [0.3, 0.4) is 0 Å². The minimum atomic E-state index is 0.0736. The van der Waals surface area contributed by atoms with Gasteiger partial charge in [0.1, 0.15) is 0 Å². The lowest BCUT2D eigenvalue weighted by atomic mass is 10.0. The molecular formula is C19H34N4O. The van der Waals surface area contributed by atoms with Crippen LogP contribution in [0, 0.1) is 0 Å². The number of nitrogens with one attached hydrogen (secondary N) is 2. The van der Waals surface area contributed by atoms with Crippen LogP contribution >= 0.6 is 0 Å². The van der Waals surface area contributed by atoms with Gasteiger partial charge in [0.15, 0.2) is 5.96 Å². The smallest absolute Gasteiger partial charge is 0.190 e. The Balaban J connectivity index is 2.27. The van der Waals surface area contributed by atoms with E-state index in [-0.39, 0.29) is 12.5 Å². The fraction of sp³-hybridized carbons (Fsp3) is 0.632. The van der Waals surface area contributed by atoms with Gasteiger partial charge in [0.25, 0.3) is 0 Å². The van der Waals surface area contributed by atoms with E-state index in [4.69, 9.17) is 0 Å². The lowest BCUT2D eigenvalue weighted by Gasteiger charge is -2.21. The van der Waals surface area contributed by atoms with Crippen LogP contribution in [0.5, 0.6) is 0 Å². The van der Waals surface area contributed by atoms with E-state index in [1.807, 2.05) is 30.3 Å². The molecule has 1 unspecified atom stereocenters. The summed E-state index contributed by atoms with van der Waals surface area (Å²) in [5, 5.41) is 16.3. The second-order valence-corrected chi connectivity index (χ2v) is 6.45. The summed E-state index contributed by atoms with van der Waals surface area (Å²) in [6.45, 7) is 7.24. The maximum atomic E-state index is 9.60. The van der Waals surface area contributed by atoms with Crippen molar-refractivity contribution >= 4 is 5.96 Å². The zero-order valence-corrected chi connectivity index (χ0v) is 15.6. The van der Waals surface area contributed by atoms with E-state index in [1.54, 1.807) is 7.05 Å². The van der Waals surface area contributed by atoms with Crippen molar-refractivity contribution in [2.24, 2.45) is 4.99 Å². The van der Waals surface area contributed by atoms with E-state index in [0.29, 0.717) is 12.6 Å². The van der Waals surface area contributed by atoms with Crippen molar-refractivity contribution in [2.45, 2.75) is 38.6 Å². The number of aliphatic hydroxyl groups excluding tert-OH is 1. The molecule has 0 bridgehead atoms. The van der Waals surface area contributed by atoms with Gasteiger partial charge in [0.2, 0.25) is 0 Å². The molecule has 5 heteroatoms. The predicted molar refractivity (Wildman–Crippen MR) is 103 cm³/mol. The van der Waals surface area contributed by atoms with Gasteiger partial charge in [-0.25, -0.2) is 0 Å². The molecule has 0 aromatic heterocycles. The molecule has 0 saturated heterocycles. The standard InChI is InChI=1S/C19H34N4O/c1-16(2)23(4)13-9-8-12-21-19(20-3)22-14-18(15-24)17-10-6-5-7-11-17/h5-7,10-11,16,18,24H,8-9,12-15H2,1-4H3,(H2,20,21,22). The van der Waals surface area contributed by atoms with Crippen LogP contribution in [0.4, 0.5) is 0 Å². The molecule has 0 aliphatic carbocycles. The van der Waals surface area contributed by atoms with Crippen LogP contribution in [0.2, 0.25) is 0 Å². The van der Waals surface area contributed by atoms with Gasteiger partial charge in [-0.1, -0.05) is 30.3 Å². The number of hydrogen-bond donors (Lipinski definition) is 3. The van der Waals surface area contributed by atoms with E-state index < -0.39 is 0 Å². The first kappa shape index (κ1) is 20.5. The number of aliphatic imine (C=N–C) groups is 1. The largest absolute Gasteiger partial charge is 0.396 e. The quantitative estimate of drug-likeness (QED) is 0.348. The number of hydrogen-bond acceptors (Lipinski definition) is 3. The third-order valence-electron chi connectivity index (χ3n) is 4.34. The Morgan fingerprint density at radius 2 is 1.88 bits per heavy atom. The number of guanidine groups is 1. The van der Waals surface area contributed by atoms with E-state index in [0.717, 1.165) is 31.0 Å². The minimum absolute atomic E-state index is 0.0736. The summed E-state index contributed by atoms with van der Waals surface area (Å²) in [4.78, 5) is 6.61. The summed E-state index contributed by atoms with van der Waals surface area (Å²) in [7, 11) is 3.94. The van der Waals surface area contributed by atoms with Crippen LogP contribution < -0.4 is 10.6 Å². The number of nitrogens with zero attached hydrogens (tertiary/aromatic N) is 2. The first-order valence-corrected chi connectivity index (χ1v) is 8.89. The van der Waals surface area contributed by atoms with Crippen molar-refractivity contribution in [3.63, 3.8) is 0 Å². The van der Waals surface area contributed by atoms with Gasteiger partial charge in [-0.2, -0.15) is 0 Å². The lowest BCUT2D eigenvalue weighted by molar-refractivity contribution is 0.265. The van der Waals surface area contributed by atoms with Crippen molar-refractivity contribution in [1.29, 1.82) is 0 Å². The van der Waals surface area contributed by atoms with Gasteiger partial charge >= 0.3 is 0 Å². The van der Waals surface area contributed by atoms with Gasteiger partial charge in [-0.05, 0) is 45.8 Å². The van der Waals surface area contributed by atoms with E-state index in [9.17, 15) is 5.11 Å². The lowest BCUT2D eigenvalue weighted by Crippen LogP contribution is -2.40. The highest BCUT2D eigenvalue weighted by atomic mass is 16.3. The molecule has 1 aromatic rings. The van der Waals surface area contributed by atoms with Crippen LogP contribution in [0.15, 0.2) is 35.3 Å². The van der Waals surface area contributed by atoms with Gasteiger partial charge in [0.05, 0.1) is 6.61 Å². The normalized spacial score (nSPS) is 13.4. The van der Waals surface area contributed by atoms with Crippen LogP contribution in [-0.2, 0) is 0 Å². The summed E-state index contributed by atoms with van der Waals surface area (Å²) < 4.78 is 0. The second kappa shape index (κ2) is 11.9. The summed E-state index contributed by atoms with van der Waals surface area (Å²) in [5.74, 6) is 0.867. The molecular weight excluding hydrogens is 300 g/mol. The highest BCUT2D eigenvalue weighted by molar-refractivity contribution is 5.79. The summed E-state index contributed by atoms with van der Waals surface area (Å²) in [6.07, 6.45) is 2.28. The van der Waals surface area contributed by atoms with Gasteiger partial charge in [-0.3, -0.25) is 4.99 Å². The van der Waals surface area contributed by atoms with Gasteiger partial charge in [-0.15, -0.1) is 0 Å². The first-order valence-electron chi connectivity index (χ1n) is 8.89. The van der Waals surface area contributed by atoms with E-state index in [2.05, 4.69) is 41.4 Å². The molecule has 24 heavy (non-hydrogen) atoms. The summed E-state index contributed by atoms with van der Waals surface area (Å²) in [6, 6.07) is 10.7. The SMILES string of the molecule is CN=C(NCCCCN(C)C(C)C)NCC(CO)c1ccccc1. The Morgan fingerprint density at radius 3 is 2.46 bits per heavy atom. The maximum Gasteiger partial charge on any atom is 0.190 e. The average molecular weight is 335 g/mol. The Labute approximate surface area is 147 Å². The number of benzene rings is 1. The molecule has 0 heterocycles. The van der Waals surface area contributed by atoms with Crippen molar-refractivity contribution < 1.29 is 5.11 Å². The van der Waals surface area contributed by atoms with Gasteiger partial charge in [0, 0.05) is 32.1 Å². The molecule has 1 rings (SSSR count). The second-order valence-electron chi connectivity index (χ2n) is 6.45. The van der Waals surface area contributed by atoms with Crippen LogP contribution in [0.1, 0.15) is 38.2 Å². The number of aliphatic hydroxyl groups is 1. The molecule has 1 aromatic carbocycles. The molecule has 136 valence electrons. The number of rotatable bonds is 10. The average Bonchev–Trinajstić information content (AvgIpc) is 2.60. The molecule has 3 N–H and O–H groups in total. The molecule has 0 spiro atoms. The summed E-state index contributed by atoms with van der Waals surface area (Å²) >= 11 is 0. The van der Waals surface area contributed by atoms with Crippen molar-refractivity contribution in [1.82, 2.24) is 15.5 Å². The van der Waals surface area contributed by atoms with Crippen molar-refractivity contribution in [3.05, 3.63) is 35.9 Å². The van der Waals surface area contributed by atoms with Gasteiger partial charge < -0.3 is 20.6 Å². The Kier molecular flexibility index (Phi) is 10.1. The molecule has 0 aliphatic rings. The van der Waals surface area contributed by atoms with Crippen molar-refractivity contribution in [2.75, 3.05) is 40.3 Å². The maximum absolute atomic E-state index is 9.60. The van der Waals surface area contributed by atoms with Crippen molar-refractivity contribution in [3.8, 4) is 0 Å². The first-order chi connectivity index (χ1) is 11.6. The third kappa shape index (κ3) is 7.79. The monoisotopic (exact) mass is 334 g/mol. The third-order valence-corrected chi connectivity index (χ3v) is 4.34. The molecule has 0 fully saturated rings. The van der Waals surface area contributed by atoms with Crippen LogP contribution in [0.25, 0.3) is 0 Å². The Hall–Kier alpha value is -1.59. The summed E-state index contributed by atoms with van der Waals surface area (Å²) in [5.41, 5.74) is 1.14. The topological polar surface area (TPSA) is 59.9 Å². The molecule has 5 nitrogen and oxygen atoms in total. The highest BCUT2D eigenvalue weighted by Gasteiger charge is 2.10. The molecule has 0 amide bonds. The fourth-order valence-electron chi connectivity index (χ4n) is 2.40. The molecule has 0 radical (unpaired) electrons. The molecule has 1 atom stereocenters. The zero-order chi connectivity index (χ0) is 17.8. The van der Waals surface area contributed by atoms with E-state index >= 15 is 0 Å².